The molecule has 1 aliphatic carbocycles. The summed E-state index contributed by atoms with van der Waals surface area (Å²) in [5, 5.41) is 4.11. The monoisotopic (exact) mass is 295 g/mol. The summed E-state index contributed by atoms with van der Waals surface area (Å²) in [6.07, 6.45) is 4.07. The number of hydrogen-bond donors (Lipinski definition) is 1. The van der Waals surface area contributed by atoms with E-state index in [0.29, 0.717) is 11.6 Å². The highest BCUT2D eigenvalue weighted by molar-refractivity contribution is 6.30. The van der Waals surface area contributed by atoms with E-state index >= 15 is 0 Å². The quantitative estimate of drug-likeness (QED) is 0.843. The normalized spacial score (nSPS) is 26.1. The summed E-state index contributed by atoms with van der Waals surface area (Å²) in [4.78, 5) is 12.5. The maximum absolute atomic E-state index is 12.5. The van der Waals surface area contributed by atoms with Gasteiger partial charge in [0.15, 0.2) is 0 Å². The molecule has 0 amide bonds. The minimum Gasteiger partial charge on any atom is -0.464 e. The summed E-state index contributed by atoms with van der Waals surface area (Å²) in [5.74, 6) is 0.119. The van der Waals surface area contributed by atoms with Gasteiger partial charge in [0.25, 0.3) is 0 Å². The van der Waals surface area contributed by atoms with Crippen LogP contribution in [0.25, 0.3) is 0 Å². The molecule has 0 bridgehead atoms. The van der Waals surface area contributed by atoms with Crippen molar-refractivity contribution < 1.29 is 9.53 Å². The van der Waals surface area contributed by atoms with Crippen molar-refractivity contribution in [2.24, 2.45) is 5.92 Å². The van der Waals surface area contributed by atoms with Crippen molar-refractivity contribution in [2.75, 3.05) is 11.9 Å². The fourth-order valence-electron chi connectivity index (χ4n) is 2.94. The first-order valence-electron chi connectivity index (χ1n) is 7.29. The van der Waals surface area contributed by atoms with E-state index in [4.69, 9.17) is 16.3 Å². The van der Waals surface area contributed by atoms with Gasteiger partial charge in [0.1, 0.15) is 5.54 Å². The van der Waals surface area contributed by atoms with Crippen molar-refractivity contribution in [1.29, 1.82) is 0 Å². The van der Waals surface area contributed by atoms with E-state index in [-0.39, 0.29) is 11.9 Å². The van der Waals surface area contributed by atoms with E-state index in [0.717, 1.165) is 24.9 Å². The third-order valence-electron chi connectivity index (χ3n) is 4.15. The van der Waals surface area contributed by atoms with Crippen LogP contribution in [0.2, 0.25) is 5.02 Å². The first-order chi connectivity index (χ1) is 9.58. The molecule has 0 aromatic heterocycles. The van der Waals surface area contributed by atoms with Gasteiger partial charge in [-0.3, -0.25) is 0 Å². The number of esters is 1. The molecule has 1 fully saturated rings. The molecule has 2 unspecified atom stereocenters. The van der Waals surface area contributed by atoms with Crippen molar-refractivity contribution in [3.63, 3.8) is 0 Å². The lowest BCUT2D eigenvalue weighted by Crippen LogP contribution is -2.54. The Morgan fingerprint density at radius 2 is 2.10 bits per heavy atom. The second-order valence-corrected chi connectivity index (χ2v) is 5.91. The average molecular weight is 296 g/mol. The molecular formula is C16H22ClNO2. The fraction of sp³-hybridized carbons (Fsp3) is 0.562. The van der Waals surface area contributed by atoms with E-state index in [1.165, 1.54) is 6.42 Å². The topological polar surface area (TPSA) is 38.3 Å². The van der Waals surface area contributed by atoms with E-state index < -0.39 is 5.54 Å². The van der Waals surface area contributed by atoms with Crippen molar-refractivity contribution in [1.82, 2.24) is 0 Å². The number of carbonyl (C=O) groups is 1. The maximum atomic E-state index is 12.5. The Morgan fingerprint density at radius 3 is 2.70 bits per heavy atom. The lowest BCUT2D eigenvalue weighted by Gasteiger charge is -2.41. The first kappa shape index (κ1) is 15.2. The van der Waals surface area contributed by atoms with Gasteiger partial charge in [0, 0.05) is 10.7 Å². The Balaban J connectivity index is 2.26. The number of nitrogens with one attached hydrogen (secondary N) is 1. The highest BCUT2D eigenvalue weighted by atomic mass is 35.5. The van der Waals surface area contributed by atoms with Gasteiger partial charge in [0.2, 0.25) is 0 Å². The predicted molar refractivity (Wildman–Crippen MR) is 82.1 cm³/mol. The Kier molecular flexibility index (Phi) is 4.92. The van der Waals surface area contributed by atoms with Crippen LogP contribution >= 0.6 is 11.6 Å². The van der Waals surface area contributed by atoms with Crippen LogP contribution in [0.1, 0.15) is 39.5 Å². The van der Waals surface area contributed by atoms with Gasteiger partial charge in [-0.2, -0.15) is 0 Å². The Morgan fingerprint density at radius 1 is 1.40 bits per heavy atom. The summed E-state index contributed by atoms with van der Waals surface area (Å²) in [6.45, 7) is 4.38. The Labute approximate surface area is 125 Å². The van der Waals surface area contributed by atoms with Gasteiger partial charge in [-0.1, -0.05) is 31.4 Å². The van der Waals surface area contributed by atoms with E-state index in [2.05, 4.69) is 12.2 Å². The molecule has 1 saturated carbocycles. The second-order valence-electron chi connectivity index (χ2n) is 5.47. The van der Waals surface area contributed by atoms with Gasteiger partial charge in [-0.05, 0) is 49.9 Å². The highest BCUT2D eigenvalue weighted by Crippen LogP contribution is 2.37. The molecule has 2 rings (SSSR count). The molecule has 1 aliphatic rings. The molecule has 110 valence electrons. The molecule has 4 heteroatoms. The molecular weight excluding hydrogens is 274 g/mol. The van der Waals surface area contributed by atoms with E-state index in [1.54, 1.807) is 0 Å². The van der Waals surface area contributed by atoms with Gasteiger partial charge in [0.05, 0.1) is 6.61 Å². The van der Waals surface area contributed by atoms with Crippen LogP contribution in [-0.4, -0.2) is 18.1 Å². The molecule has 1 aromatic rings. The predicted octanol–water partition coefficient (Wildman–Crippen LogP) is 4.26. The van der Waals surface area contributed by atoms with Gasteiger partial charge >= 0.3 is 5.97 Å². The molecule has 0 aliphatic heterocycles. The van der Waals surface area contributed by atoms with Crippen LogP contribution in [0.15, 0.2) is 24.3 Å². The first-order valence-corrected chi connectivity index (χ1v) is 7.67. The van der Waals surface area contributed by atoms with Crippen molar-refractivity contribution >= 4 is 23.3 Å². The number of carbonyl (C=O) groups excluding carboxylic acids is 1. The van der Waals surface area contributed by atoms with Crippen molar-refractivity contribution in [3.8, 4) is 0 Å². The van der Waals surface area contributed by atoms with Crippen LogP contribution in [0.3, 0.4) is 0 Å². The molecule has 0 heterocycles. The minimum atomic E-state index is -0.609. The molecule has 3 nitrogen and oxygen atoms in total. The fourth-order valence-corrected chi connectivity index (χ4v) is 3.06. The molecule has 1 N–H and O–H groups in total. The molecule has 20 heavy (non-hydrogen) atoms. The minimum absolute atomic E-state index is 0.137. The SMILES string of the molecule is CCOC(=O)C1(Nc2ccc(Cl)cc2)CCCCC1C. The van der Waals surface area contributed by atoms with Crippen molar-refractivity contribution in [2.45, 2.75) is 45.1 Å². The van der Waals surface area contributed by atoms with Crippen LogP contribution in [0.5, 0.6) is 0 Å². The smallest absolute Gasteiger partial charge is 0.332 e. The van der Waals surface area contributed by atoms with E-state index in [1.807, 2.05) is 31.2 Å². The number of hydrogen-bond acceptors (Lipinski definition) is 3. The summed E-state index contributed by atoms with van der Waals surface area (Å²) in [5.41, 5.74) is 0.304. The zero-order chi connectivity index (χ0) is 14.6. The lowest BCUT2D eigenvalue weighted by atomic mass is 9.73. The average Bonchev–Trinajstić information content (AvgIpc) is 2.44. The molecule has 0 saturated heterocycles. The maximum Gasteiger partial charge on any atom is 0.332 e. The number of halogens is 1. The molecule has 2 atom stereocenters. The third-order valence-corrected chi connectivity index (χ3v) is 4.40. The van der Waals surface area contributed by atoms with Gasteiger partial charge in [-0.25, -0.2) is 4.79 Å². The zero-order valence-corrected chi connectivity index (χ0v) is 12.9. The van der Waals surface area contributed by atoms with Gasteiger partial charge in [-0.15, -0.1) is 0 Å². The van der Waals surface area contributed by atoms with Crippen LogP contribution in [0, 0.1) is 5.92 Å². The van der Waals surface area contributed by atoms with Crippen LogP contribution in [-0.2, 0) is 9.53 Å². The number of ether oxygens (including phenoxy) is 1. The summed E-state index contributed by atoms with van der Waals surface area (Å²) in [6, 6.07) is 7.47. The number of benzene rings is 1. The van der Waals surface area contributed by atoms with Crippen molar-refractivity contribution in [3.05, 3.63) is 29.3 Å². The molecule has 0 spiro atoms. The molecule has 0 radical (unpaired) electrons. The van der Waals surface area contributed by atoms with Gasteiger partial charge < -0.3 is 10.1 Å². The number of anilines is 1. The van der Waals surface area contributed by atoms with Crippen LogP contribution < -0.4 is 5.32 Å². The standard InChI is InChI=1S/C16H22ClNO2/c1-3-20-15(19)16(11-5-4-6-12(16)2)18-14-9-7-13(17)8-10-14/h7-10,12,18H,3-6,11H2,1-2H3. The Hall–Kier alpha value is -1.22. The third kappa shape index (κ3) is 3.09. The second kappa shape index (κ2) is 6.49. The lowest BCUT2D eigenvalue weighted by molar-refractivity contribution is -0.151. The summed E-state index contributed by atoms with van der Waals surface area (Å²) < 4.78 is 5.32. The van der Waals surface area contributed by atoms with E-state index in [9.17, 15) is 4.79 Å². The summed E-state index contributed by atoms with van der Waals surface area (Å²) >= 11 is 5.91. The number of rotatable bonds is 4. The Bertz CT molecular complexity index is 460. The zero-order valence-electron chi connectivity index (χ0n) is 12.1. The molecule has 1 aromatic carbocycles. The van der Waals surface area contributed by atoms with Crippen LogP contribution in [0.4, 0.5) is 5.69 Å². The highest BCUT2D eigenvalue weighted by Gasteiger charge is 2.46. The summed E-state index contributed by atoms with van der Waals surface area (Å²) in [7, 11) is 0. The largest absolute Gasteiger partial charge is 0.464 e.